The largest absolute Gasteiger partial charge is 0.464 e. The van der Waals surface area contributed by atoms with Gasteiger partial charge in [-0.25, -0.2) is 9.59 Å². The summed E-state index contributed by atoms with van der Waals surface area (Å²) >= 11 is 0. The summed E-state index contributed by atoms with van der Waals surface area (Å²) in [6, 6.07) is 16.3. The molecule has 1 fully saturated rings. The molecule has 0 bridgehead atoms. The number of piperazine rings is 1. The third-order valence-corrected chi connectivity index (χ3v) is 6.39. The van der Waals surface area contributed by atoms with E-state index in [0.717, 1.165) is 11.1 Å². The monoisotopic (exact) mass is 537 g/mol. The Labute approximate surface area is 230 Å². The van der Waals surface area contributed by atoms with Gasteiger partial charge >= 0.3 is 12.1 Å². The number of hydrogen-bond acceptors (Lipinski definition) is 6. The van der Waals surface area contributed by atoms with Crippen LogP contribution in [0, 0.1) is 0 Å². The van der Waals surface area contributed by atoms with Crippen molar-refractivity contribution in [3.8, 4) is 0 Å². The average Bonchev–Trinajstić information content (AvgIpc) is 2.88. The van der Waals surface area contributed by atoms with Crippen molar-refractivity contribution in [3.63, 3.8) is 0 Å². The van der Waals surface area contributed by atoms with Crippen LogP contribution < -0.4 is 5.32 Å². The van der Waals surface area contributed by atoms with E-state index in [4.69, 9.17) is 9.47 Å². The van der Waals surface area contributed by atoms with E-state index in [0.29, 0.717) is 6.42 Å². The second-order valence-electron chi connectivity index (χ2n) is 10.6. The Hall–Kier alpha value is -3.88. The summed E-state index contributed by atoms with van der Waals surface area (Å²) in [5, 5.41) is 2.58. The fraction of sp³-hybridized carbons (Fsp3) is 0.467. The van der Waals surface area contributed by atoms with Gasteiger partial charge < -0.3 is 24.6 Å². The molecule has 210 valence electrons. The normalized spacial score (nSPS) is 17.3. The number of nitrogens with zero attached hydrogens (tertiary/aromatic N) is 2. The molecule has 3 amide bonds. The quantitative estimate of drug-likeness (QED) is 0.492. The predicted molar refractivity (Wildman–Crippen MR) is 147 cm³/mol. The third kappa shape index (κ3) is 8.30. The van der Waals surface area contributed by atoms with Crippen LogP contribution in [0.5, 0.6) is 0 Å². The SMILES string of the molecule is CCOC(=O)[C@H](Cc1ccccc1)N1CCN(C(=O)[C@@H](C)NC(=O)OC(C)(C)C)[C@@H](Cc2ccccc2)C1=O. The molecule has 3 atom stereocenters. The zero-order chi connectivity index (χ0) is 28.6. The first-order chi connectivity index (χ1) is 18.5. The van der Waals surface area contributed by atoms with Gasteiger partial charge in [0, 0.05) is 25.9 Å². The maximum Gasteiger partial charge on any atom is 0.408 e. The number of benzene rings is 2. The molecule has 9 nitrogen and oxygen atoms in total. The smallest absolute Gasteiger partial charge is 0.408 e. The van der Waals surface area contributed by atoms with E-state index >= 15 is 0 Å². The van der Waals surface area contributed by atoms with E-state index < -0.39 is 41.7 Å². The lowest BCUT2D eigenvalue weighted by molar-refractivity contribution is -0.162. The number of amides is 3. The summed E-state index contributed by atoms with van der Waals surface area (Å²) in [5.41, 5.74) is 1.06. The summed E-state index contributed by atoms with van der Waals surface area (Å²) in [6.07, 6.45) is -0.145. The summed E-state index contributed by atoms with van der Waals surface area (Å²) in [7, 11) is 0. The van der Waals surface area contributed by atoms with Crippen LogP contribution in [0.3, 0.4) is 0 Å². The minimum absolute atomic E-state index is 0.158. The maximum atomic E-state index is 14.0. The first-order valence-electron chi connectivity index (χ1n) is 13.3. The third-order valence-electron chi connectivity index (χ3n) is 6.39. The minimum atomic E-state index is -0.914. The highest BCUT2D eigenvalue weighted by atomic mass is 16.6. The molecule has 0 aromatic heterocycles. The van der Waals surface area contributed by atoms with Crippen LogP contribution in [0.25, 0.3) is 0 Å². The van der Waals surface area contributed by atoms with Gasteiger partial charge in [0.25, 0.3) is 0 Å². The van der Waals surface area contributed by atoms with Gasteiger partial charge in [-0.05, 0) is 45.7 Å². The molecule has 2 aromatic carbocycles. The van der Waals surface area contributed by atoms with Crippen molar-refractivity contribution in [2.45, 2.75) is 71.2 Å². The molecule has 1 aliphatic rings. The average molecular weight is 538 g/mol. The Bertz CT molecular complexity index is 1130. The van der Waals surface area contributed by atoms with Crippen LogP contribution in [0.15, 0.2) is 60.7 Å². The van der Waals surface area contributed by atoms with Crippen molar-refractivity contribution in [1.29, 1.82) is 0 Å². The van der Waals surface area contributed by atoms with Crippen molar-refractivity contribution in [2.24, 2.45) is 0 Å². The summed E-state index contributed by atoms with van der Waals surface area (Å²) < 4.78 is 10.6. The van der Waals surface area contributed by atoms with Crippen LogP contribution in [-0.2, 0) is 36.7 Å². The van der Waals surface area contributed by atoms with E-state index in [-0.39, 0.29) is 32.0 Å². The highest BCUT2D eigenvalue weighted by Crippen LogP contribution is 2.22. The molecule has 9 heteroatoms. The van der Waals surface area contributed by atoms with Crippen molar-refractivity contribution < 1.29 is 28.7 Å². The molecule has 0 spiro atoms. The summed E-state index contributed by atoms with van der Waals surface area (Å²) in [4.78, 5) is 56.0. The zero-order valence-electron chi connectivity index (χ0n) is 23.4. The number of alkyl carbamates (subject to hydrolysis) is 1. The Morgan fingerprint density at radius 2 is 1.56 bits per heavy atom. The van der Waals surface area contributed by atoms with Gasteiger partial charge in [-0.15, -0.1) is 0 Å². The van der Waals surface area contributed by atoms with Crippen LogP contribution in [0.4, 0.5) is 4.79 Å². The fourth-order valence-electron chi connectivity index (χ4n) is 4.61. The van der Waals surface area contributed by atoms with Gasteiger partial charge in [0.2, 0.25) is 11.8 Å². The minimum Gasteiger partial charge on any atom is -0.464 e. The van der Waals surface area contributed by atoms with Crippen molar-refractivity contribution in [1.82, 2.24) is 15.1 Å². The summed E-state index contributed by atoms with van der Waals surface area (Å²) in [6.45, 7) is 9.07. The first kappa shape index (κ1) is 29.7. The van der Waals surface area contributed by atoms with E-state index in [9.17, 15) is 19.2 Å². The lowest BCUT2D eigenvalue weighted by Crippen LogP contribution is -2.65. The van der Waals surface area contributed by atoms with E-state index in [1.165, 1.54) is 9.80 Å². The Balaban J connectivity index is 1.87. The number of esters is 1. The van der Waals surface area contributed by atoms with Crippen LogP contribution >= 0.6 is 0 Å². The molecule has 0 radical (unpaired) electrons. The Morgan fingerprint density at radius 3 is 2.13 bits per heavy atom. The molecule has 1 aliphatic heterocycles. The molecule has 0 unspecified atom stereocenters. The van der Waals surface area contributed by atoms with E-state index in [1.54, 1.807) is 34.6 Å². The van der Waals surface area contributed by atoms with E-state index in [2.05, 4.69) is 5.32 Å². The highest BCUT2D eigenvalue weighted by Gasteiger charge is 2.43. The molecule has 0 saturated carbocycles. The lowest BCUT2D eigenvalue weighted by Gasteiger charge is -2.44. The Morgan fingerprint density at radius 1 is 0.974 bits per heavy atom. The van der Waals surface area contributed by atoms with Crippen molar-refractivity contribution >= 4 is 23.9 Å². The first-order valence-corrected chi connectivity index (χ1v) is 13.3. The molecule has 2 aromatic rings. The van der Waals surface area contributed by atoms with Gasteiger partial charge in [0.15, 0.2) is 0 Å². The molecule has 39 heavy (non-hydrogen) atoms. The second-order valence-corrected chi connectivity index (χ2v) is 10.6. The van der Waals surface area contributed by atoms with Crippen LogP contribution in [-0.4, -0.2) is 77.1 Å². The molecule has 0 aliphatic carbocycles. The highest BCUT2D eigenvalue weighted by molar-refractivity contribution is 5.94. The van der Waals surface area contributed by atoms with Gasteiger partial charge in [0.05, 0.1) is 6.61 Å². The molecule has 1 N–H and O–H groups in total. The number of hydrogen-bond donors (Lipinski definition) is 1. The van der Waals surface area contributed by atoms with Gasteiger partial charge in [-0.3, -0.25) is 9.59 Å². The number of nitrogens with one attached hydrogen (secondary N) is 1. The number of ether oxygens (including phenoxy) is 2. The Kier molecular flexibility index (Phi) is 10.1. The van der Waals surface area contributed by atoms with Gasteiger partial charge in [0.1, 0.15) is 23.7 Å². The number of carbonyl (C=O) groups excluding carboxylic acids is 4. The fourth-order valence-corrected chi connectivity index (χ4v) is 4.61. The predicted octanol–water partition coefficient (Wildman–Crippen LogP) is 3.36. The van der Waals surface area contributed by atoms with Crippen LogP contribution in [0.2, 0.25) is 0 Å². The molecule has 1 saturated heterocycles. The van der Waals surface area contributed by atoms with Gasteiger partial charge in [-0.1, -0.05) is 60.7 Å². The number of rotatable bonds is 9. The molecular weight excluding hydrogens is 498 g/mol. The van der Waals surface area contributed by atoms with Crippen molar-refractivity contribution in [2.75, 3.05) is 19.7 Å². The van der Waals surface area contributed by atoms with Gasteiger partial charge in [-0.2, -0.15) is 0 Å². The topological polar surface area (TPSA) is 105 Å². The summed E-state index contributed by atoms with van der Waals surface area (Å²) in [5.74, 6) is -1.21. The maximum absolute atomic E-state index is 14.0. The number of carbonyl (C=O) groups is 4. The molecular formula is C30H39N3O6. The van der Waals surface area contributed by atoms with Crippen LogP contribution in [0.1, 0.15) is 45.7 Å². The standard InChI is InChI=1S/C30H39N3O6/c1-6-38-28(36)25(20-23-15-11-8-12-16-23)33-18-17-32(24(27(33)35)19-22-13-9-7-10-14-22)26(34)21(2)31-29(37)39-30(3,4)5/h7-16,21,24-25H,6,17-20H2,1-5H3,(H,31,37)/t21-,24+,25+/m1/s1. The van der Waals surface area contributed by atoms with E-state index in [1.807, 2.05) is 60.7 Å². The molecule has 1 heterocycles. The second kappa shape index (κ2) is 13.3. The van der Waals surface area contributed by atoms with Crippen molar-refractivity contribution in [3.05, 3.63) is 71.8 Å². The zero-order valence-corrected chi connectivity index (χ0v) is 23.4. The lowest BCUT2D eigenvalue weighted by atomic mass is 9.97. The molecule has 3 rings (SSSR count).